The molecule has 4 heteroatoms. The maximum atomic E-state index is 12.2. The van der Waals surface area contributed by atoms with Gasteiger partial charge in [0.05, 0.1) is 0 Å². The Morgan fingerprint density at radius 2 is 1.68 bits per heavy atom. The quantitative estimate of drug-likeness (QED) is 0.696. The van der Waals surface area contributed by atoms with Gasteiger partial charge in [-0.3, -0.25) is 4.79 Å². The van der Waals surface area contributed by atoms with Crippen LogP contribution in [-0.2, 0) is 11.2 Å². The minimum Gasteiger partial charge on any atom is -0.326 e. The molecule has 1 aliphatic heterocycles. The molecule has 1 fully saturated rings. The summed E-state index contributed by atoms with van der Waals surface area (Å²) in [6.07, 6.45) is 3.64. The zero-order valence-electron chi connectivity index (χ0n) is 17.3. The number of rotatable bonds is 8. The Hall–Kier alpha value is -2.17. The molecule has 0 bridgehead atoms. The number of amides is 1. The van der Waals surface area contributed by atoms with Gasteiger partial charge in [0.15, 0.2) is 0 Å². The number of likely N-dealkylation sites (N-methyl/N-ethyl adjacent to an activating group) is 1. The van der Waals surface area contributed by atoms with E-state index < -0.39 is 0 Å². The second kappa shape index (κ2) is 10.4. The number of carbonyl (C=O) groups is 1. The average molecular weight is 380 g/mol. The lowest BCUT2D eigenvalue weighted by atomic mass is 9.98. The van der Waals surface area contributed by atoms with Gasteiger partial charge in [-0.1, -0.05) is 43.3 Å². The van der Waals surface area contributed by atoms with Crippen LogP contribution in [-0.4, -0.2) is 55.5 Å². The molecule has 1 saturated heterocycles. The van der Waals surface area contributed by atoms with Gasteiger partial charge in [-0.25, -0.2) is 0 Å². The lowest BCUT2D eigenvalue weighted by Crippen LogP contribution is -2.44. The maximum absolute atomic E-state index is 12.2. The van der Waals surface area contributed by atoms with E-state index in [1.54, 1.807) is 0 Å². The summed E-state index contributed by atoms with van der Waals surface area (Å²) in [5.74, 6) is 0.111. The SMILES string of the molecule is CCc1ccccc1-c1ccc(NC(=O)CCCCN2CCN(C)CC2)cc1. The van der Waals surface area contributed by atoms with Crippen molar-refractivity contribution < 1.29 is 4.79 Å². The topological polar surface area (TPSA) is 35.6 Å². The maximum Gasteiger partial charge on any atom is 0.224 e. The van der Waals surface area contributed by atoms with Crippen LogP contribution in [0.2, 0.25) is 0 Å². The molecule has 2 aromatic carbocycles. The minimum atomic E-state index is 0.111. The number of hydrogen-bond acceptors (Lipinski definition) is 3. The molecular formula is C24H33N3O. The fourth-order valence-electron chi connectivity index (χ4n) is 3.76. The van der Waals surface area contributed by atoms with Crippen molar-refractivity contribution in [3.8, 4) is 11.1 Å². The Bertz CT molecular complexity index is 749. The molecule has 1 aliphatic rings. The molecule has 1 N–H and O–H groups in total. The van der Waals surface area contributed by atoms with E-state index in [4.69, 9.17) is 0 Å². The first-order chi connectivity index (χ1) is 13.7. The molecule has 3 rings (SSSR count). The molecule has 0 aromatic heterocycles. The van der Waals surface area contributed by atoms with Gasteiger partial charge in [-0.2, -0.15) is 0 Å². The molecule has 4 nitrogen and oxygen atoms in total. The van der Waals surface area contributed by atoms with E-state index >= 15 is 0 Å². The highest BCUT2D eigenvalue weighted by atomic mass is 16.1. The van der Waals surface area contributed by atoms with Crippen LogP contribution in [0.5, 0.6) is 0 Å². The molecule has 0 spiro atoms. The molecule has 2 aromatic rings. The monoisotopic (exact) mass is 379 g/mol. The van der Waals surface area contributed by atoms with Crippen LogP contribution < -0.4 is 5.32 Å². The highest BCUT2D eigenvalue weighted by molar-refractivity contribution is 5.91. The first-order valence-corrected chi connectivity index (χ1v) is 10.5. The predicted molar refractivity (Wildman–Crippen MR) is 118 cm³/mol. The van der Waals surface area contributed by atoms with Gasteiger partial charge in [0.1, 0.15) is 0 Å². The van der Waals surface area contributed by atoms with Gasteiger partial charge >= 0.3 is 0 Å². The second-order valence-corrected chi connectivity index (χ2v) is 7.74. The van der Waals surface area contributed by atoms with Crippen LogP contribution in [0.4, 0.5) is 5.69 Å². The Morgan fingerprint density at radius 1 is 0.964 bits per heavy atom. The standard InChI is InChI=1S/C24H33N3O/c1-3-20-8-4-5-9-23(20)21-11-13-22(14-12-21)25-24(28)10-6-7-15-27-18-16-26(2)17-19-27/h4-5,8-9,11-14H,3,6-7,10,15-19H2,1-2H3,(H,25,28). The van der Waals surface area contributed by atoms with Crippen LogP contribution in [0.1, 0.15) is 31.7 Å². The van der Waals surface area contributed by atoms with E-state index in [-0.39, 0.29) is 5.91 Å². The van der Waals surface area contributed by atoms with Crippen molar-refractivity contribution in [1.29, 1.82) is 0 Å². The summed E-state index contributed by atoms with van der Waals surface area (Å²) < 4.78 is 0. The lowest BCUT2D eigenvalue weighted by molar-refractivity contribution is -0.116. The normalized spacial score (nSPS) is 15.5. The third kappa shape index (κ3) is 5.91. The molecule has 28 heavy (non-hydrogen) atoms. The third-order valence-electron chi connectivity index (χ3n) is 5.60. The highest BCUT2D eigenvalue weighted by Crippen LogP contribution is 2.25. The van der Waals surface area contributed by atoms with Gasteiger partial charge in [0.25, 0.3) is 0 Å². The van der Waals surface area contributed by atoms with Gasteiger partial charge in [0.2, 0.25) is 5.91 Å². The second-order valence-electron chi connectivity index (χ2n) is 7.74. The van der Waals surface area contributed by atoms with Crippen LogP contribution in [0, 0.1) is 0 Å². The third-order valence-corrected chi connectivity index (χ3v) is 5.60. The van der Waals surface area contributed by atoms with E-state index in [2.05, 4.69) is 65.5 Å². The number of piperazine rings is 1. The molecule has 0 saturated carbocycles. The summed E-state index contributed by atoms with van der Waals surface area (Å²) in [4.78, 5) is 17.1. The minimum absolute atomic E-state index is 0.111. The lowest BCUT2D eigenvalue weighted by Gasteiger charge is -2.32. The summed E-state index contributed by atoms with van der Waals surface area (Å²) >= 11 is 0. The van der Waals surface area contributed by atoms with Crippen molar-refractivity contribution in [1.82, 2.24) is 9.80 Å². The summed E-state index contributed by atoms with van der Waals surface area (Å²) in [7, 11) is 2.18. The van der Waals surface area contributed by atoms with E-state index in [1.165, 1.54) is 16.7 Å². The zero-order chi connectivity index (χ0) is 19.8. The smallest absolute Gasteiger partial charge is 0.224 e. The molecule has 150 valence electrons. The Morgan fingerprint density at radius 3 is 2.39 bits per heavy atom. The van der Waals surface area contributed by atoms with Gasteiger partial charge in [0, 0.05) is 38.3 Å². The molecule has 1 heterocycles. The number of benzene rings is 2. The molecule has 1 amide bonds. The van der Waals surface area contributed by atoms with Crippen molar-refractivity contribution in [3.63, 3.8) is 0 Å². The summed E-state index contributed by atoms with van der Waals surface area (Å²) in [5, 5.41) is 3.03. The number of anilines is 1. The van der Waals surface area contributed by atoms with Crippen LogP contribution in [0.25, 0.3) is 11.1 Å². The molecule has 0 aliphatic carbocycles. The van der Waals surface area contributed by atoms with Crippen LogP contribution in [0.15, 0.2) is 48.5 Å². The summed E-state index contributed by atoms with van der Waals surface area (Å²) in [5.41, 5.74) is 4.69. The van der Waals surface area contributed by atoms with Crippen molar-refractivity contribution in [2.24, 2.45) is 0 Å². The zero-order valence-corrected chi connectivity index (χ0v) is 17.3. The molecular weight excluding hydrogens is 346 g/mol. The molecule has 0 unspecified atom stereocenters. The number of unbranched alkanes of at least 4 members (excludes halogenated alkanes) is 1. The number of nitrogens with zero attached hydrogens (tertiary/aromatic N) is 2. The van der Waals surface area contributed by atoms with Gasteiger partial charge < -0.3 is 15.1 Å². The Labute approximate surface area is 169 Å². The van der Waals surface area contributed by atoms with Gasteiger partial charge in [-0.05, 0) is 61.7 Å². The van der Waals surface area contributed by atoms with E-state index in [9.17, 15) is 4.79 Å². The van der Waals surface area contributed by atoms with Crippen molar-refractivity contribution in [2.45, 2.75) is 32.6 Å². The van der Waals surface area contributed by atoms with Crippen molar-refractivity contribution >= 4 is 11.6 Å². The largest absolute Gasteiger partial charge is 0.326 e. The van der Waals surface area contributed by atoms with E-state index in [0.717, 1.165) is 57.7 Å². The van der Waals surface area contributed by atoms with Gasteiger partial charge in [-0.15, -0.1) is 0 Å². The average Bonchev–Trinajstić information content (AvgIpc) is 2.73. The first-order valence-electron chi connectivity index (χ1n) is 10.5. The highest BCUT2D eigenvalue weighted by Gasteiger charge is 2.13. The van der Waals surface area contributed by atoms with Crippen LogP contribution >= 0.6 is 0 Å². The summed E-state index contributed by atoms with van der Waals surface area (Å²) in [6, 6.07) is 16.7. The molecule has 0 radical (unpaired) electrons. The number of aryl methyl sites for hydroxylation is 1. The predicted octanol–water partition coefficient (Wildman–Crippen LogP) is 4.27. The van der Waals surface area contributed by atoms with Crippen LogP contribution in [0.3, 0.4) is 0 Å². The molecule has 0 atom stereocenters. The van der Waals surface area contributed by atoms with Crippen molar-refractivity contribution in [2.75, 3.05) is 45.1 Å². The van der Waals surface area contributed by atoms with E-state index in [1.807, 2.05) is 12.1 Å². The number of hydrogen-bond donors (Lipinski definition) is 1. The van der Waals surface area contributed by atoms with Crippen molar-refractivity contribution in [3.05, 3.63) is 54.1 Å². The number of carbonyl (C=O) groups excluding carboxylic acids is 1. The first kappa shape index (κ1) is 20.6. The fourth-order valence-corrected chi connectivity index (χ4v) is 3.76. The van der Waals surface area contributed by atoms with E-state index in [0.29, 0.717) is 6.42 Å². The fraction of sp³-hybridized carbons (Fsp3) is 0.458. The Kier molecular flexibility index (Phi) is 7.63. The Balaban J connectivity index is 1.42. The summed E-state index contributed by atoms with van der Waals surface area (Å²) in [6.45, 7) is 7.88. The number of nitrogens with one attached hydrogen (secondary N) is 1.